The lowest BCUT2D eigenvalue weighted by Crippen LogP contribution is -2.03. The van der Waals surface area contributed by atoms with Crippen molar-refractivity contribution in [2.75, 3.05) is 0 Å². The van der Waals surface area contributed by atoms with Crippen molar-refractivity contribution in [3.63, 3.8) is 0 Å². The molecule has 0 saturated carbocycles. The van der Waals surface area contributed by atoms with Gasteiger partial charge in [-0.05, 0) is 69.2 Å². The van der Waals surface area contributed by atoms with E-state index in [0.29, 0.717) is 0 Å². The molecule has 1 N–H and O–H groups in total. The summed E-state index contributed by atoms with van der Waals surface area (Å²) in [6.45, 7) is 8.06. The van der Waals surface area contributed by atoms with Crippen molar-refractivity contribution < 1.29 is 9.90 Å². The number of nitrogens with zero attached hydrogens (tertiary/aromatic N) is 2. The SMILES string of the molecule is Cc1ccc(C)c(N=Cc2cc(C)n(-c3ccc(Cl)c(C(=O)O)c3)c2C)c1. The monoisotopic (exact) mass is 380 g/mol. The molecular formula is C22H21ClN2O2. The summed E-state index contributed by atoms with van der Waals surface area (Å²) >= 11 is 6.00. The van der Waals surface area contributed by atoms with Crippen molar-refractivity contribution >= 4 is 29.5 Å². The van der Waals surface area contributed by atoms with E-state index < -0.39 is 5.97 Å². The molecule has 0 fully saturated rings. The molecule has 3 rings (SSSR count). The van der Waals surface area contributed by atoms with Gasteiger partial charge in [-0.1, -0.05) is 23.7 Å². The van der Waals surface area contributed by atoms with Crippen molar-refractivity contribution in [1.82, 2.24) is 4.57 Å². The highest BCUT2D eigenvalue weighted by Crippen LogP contribution is 2.25. The van der Waals surface area contributed by atoms with E-state index in [1.807, 2.05) is 50.6 Å². The Kier molecular flexibility index (Phi) is 5.19. The van der Waals surface area contributed by atoms with E-state index in [9.17, 15) is 9.90 Å². The molecule has 5 heteroatoms. The minimum atomic E-state index is -1.04. The third-order valence-electron chi connectivity index (χ3n) is 4.62. The van der Waals surface area contributed by atoms with Crippen LogP contribution in [0.2, 0.25) is 5.02 Å². The van der Waals surface area contributed by atoms with Gasteiger partial charge in [-0.3, -0.25) is 4.99 Å². The molecule has 0 saturated heterocycles. The zero-order valence-corrected chi connectivity index (χ0v) is 16.5. The number of carboxylic acid groups (broad SMARTS) is 1. The Morgan fingerprint density at radius 1 is 1.07 bits per heavy atom. The fraction of sp³-hybridized carbons (Fsp3) is 0.182. The summed E-state index contributed by atoms with van der Waals surface area (Å²) < 4.78 is 2.01. The van der Waals surface area contributed by atoms with Crippen molar-refractivity contribution in [2.24, 2.45) is 4.99 Å². The van der Waals surface area contributed by atoms with Crippen molar-refractivity contribution in [3.05, 3.63) is 81.1 Å². The lowest BCUT2D eigenvalue weighted by Gasteiger charge is -2.11. The summed E-state index contributed by atoms with van der Waals surface area (Å²) in [5, 5.41) is 9.55. The van der Waals surface area contributed by atoms with Gasteiger partial charge in [0.2, 0.25) is 0 Å². The predicted octanol–water partition coefficient (Wildman–Crippen LogP) is 5.81. The fourth-order valence-corrected chi connectivity index (χ4v) is 3.33. The number of carbonyl (C=O) groups is 1. The summed E-state index contributed by atoms with van der Waals surface area (Å²) in [4.78, 5) is 16.0. The van der Waals surface area contributed by atoms with E-state index >= 15 is 0 Å². The largest absolute Gasteiger partial charge is 0.478 e. The summed E-state index contributed by atoms with van der Waals surface area (Å²) in [7, 11) is 0. The Labute approximate surface area is 163 Å². The van der Waals surface area contributed by atoms with E-state index in [1.54, 1.807) is 12.1 Å². The molecule has 4 nitrogen and oxygen atoms in total. The minimum Gasteiger partial charge on any atom is -0.478 e. The maximum Gasteiger partial charge on any atom is 0.337 e. The van der Waals surface area contributed by atoms with Crippen LogP contribution in [0, 0.1) is 27.7 Å². The van der Waals surface area contributed by atoms with Gasteiger partial charge in [-0.15, -0.1) is 0 Å². The second kappa shape index (κ2) is 7.41. The first-order chi connectivity index (χ1) is 12.8. The van der Waals surface area contributed by atoms with Crippen LogP contribution in [0.3, 0.4) is 0 Å². The molecule has 138 valence electrons. The number of rotatable bonds is 4. The number of aromatic carboxylic acids is 1. The average molecular weight is 381 g/mol. The normalized spacial score (nSPS) is 11.3. The second-order valence-corrected chi connectivity index (χ2v) is 7.09. The molecule has 0 bridgehead atoms. The van der Waals surface area contributed by atoms with Gasteiger partial charge >= 0.3 is 5.97 Å². The first-order valence-electron chi connectivity index (χ1n) is 8.61. The maximum absolute atomic E-state index is 11.4. The standard InChI is InChI=1S/C22H21ClN2O2/c1-13-5-6-14(2)21(9-13)24-12-17-10-15(3)25(16(17)4)18-7-8-20(23)19(11-18)22(26)27/h5-12H,1-4H3,(H,26,27). The lowest BCUT2D eigenvalue weighted by molar-refractivity contribution is 0.0697. The molecule has 0 aliphatic carbocycles. The van der Waals surface area contributed by atoms with Crippen LogP contribution in [0.1, 0.15) is 38.4 Å². The maximum atomic E-state index is 11.4. The Balaban J connectivity index is 2.03. The molecule has 1 aromatic heterocycles. The van der Waals surface area contributed by atoms with Crippen LogP contribution in [0.25, 0.3) is 5.69 Å². The van der Waals surface area contributed by atoms with Gasteiger partial charge in [-0.25, -0.2) is 4.79 Å². The minimum absolute atomic E-state index is 0.0901. The van der Waals surface area contributed by atoms with Crippen LogP contribution in [0.15, 0.2) is 47.5 Å². The van der Waals surface area contributed by atoms with Gasteiger partial charge in [0.15, 0.2) is 0 Å². The Morgan fingerprint density at radius 3 is 2.52 bits per heavy atom. The Hall–Kier alpha value is -2.85. The molecule has 0 aliphatic heterocycles. The van der Waals surface area contributed by atoms with E-state index in [1.165, 1.54) is 5.56 Å². The van der Waals surface area contributed by atoms with Crippen LogP contribution in [-0.2, 0) is 0 Å². The molecule has 0 amide bonds. The fourth-order valence-electron chi connectivity index (χ4n) is 3.13. The number of halogens is 1. The quantitative estimate of drug-likeness (QED) is 0.580. The summed E-state index contributed by atoms with van der Waals surface area (Å²) in [6, 6.07) is 13.3. The van der Waals surface area contributed by atoms with E-state index in [-0.39, 0.29) is 10.6 Å². The van der Waals surface area contributed by atoms with Gasteiger partial charge < -0.3 is 9.67 Å². The van der Waals surface area contributed by atoms with Crippen molar-refractivity contribution in [3.8, 4) is 5.69 Å². The summed E-state index contributed by atoms with van der Waals surface area (Å²) in [5.74, 6) is -1.04. The number of aromatic nitrogens is 1. The van der Waals surface area contributed by atoms with Crippen LogP contribution < -0.4 is 0 Å². The molecule has 0 unspecified atom stereocenters. The zero-order valence-electron chi connectivity index (χ0n) is 15.7. The highest BCUT2D eigenvalue weighted by atomic mass is 35.5. The van der Waals surface area contributed by atoms with Gasteiger partial charge in [0.1, 0.15) is 0 Å². The highest BCUT2D eigenvalue weighted by molar-refractivity contribution is 6.33. The second-order valence-electron chi connectivity index (χ2n) is 6.68. The van der Waals surface area contributed by atoms with Crippen LogP contribution in [0.5, 0.6) is 0 Å². The summed E-state index contributed by atoms with van der Waals surface area (Å²) in [5.41, 5.74) is 7.05. The first kappa shape index (κ1) is 18.9. The van der Waals surface area contributed by atoms with Gasteiger partial charge in [-0.2, -0.15) is 0 Å². The van der Waals surface area contributed by atoms with E-state index in [4.69, 9.17) is 11.6 Å². The molecule has 3 aromatic rings. The number of aryl methyl sites for hydroxylation is 3. The predicted molar refractivity (Wildman–Crippen MR) is 110 cm³/mol. The van der Waals surface area contributed by atoms with Gasteiger partial charge in [0, 0.05) is 28.9 Å². The molecular weight excluding hydrogens is 360 g/mol. The number of aliphatic imine (C=N–C) groups is 1. The van der Waals surface area contributed by atoms with Crippen molar-refractivity contribution in [1.29, 1.82) is 0 Å². The average Bonchev–Trinajstić information content (AvgIpc) is 2.90. The Morgan fingerprint density at radius 2 is 1.81 bits per heavy atom. The van der Waals surface area contributed by atoms with Crippen LogP contribution in [-0.4, -0.2) is 21.9 Å². The third kappa shape index (κ3) is 3.81. The third-order valence-corrected chi connectivity index (χ3v) is 4.95. The van der Waals surface area contributed by atoms with Gasteiger partial charge in [0.05, 0.1) is 16.3 Å². The molecule has 27 heavy (non-hydrogen) atoms. The number of benzene rings is 2. The Bertz CT molecular complexity index is 1060. The van der Waals surface area contributed by atoms with Gasteiger partial charge in [0.25, 0.3) is 0 Å². The molecule has 1 heterocycles. The van der Waals surface area contributed by atoms with Crippen molar-refractivity contribution in [2.45, 2.75) is 27.7 Å². The molecule has 0 radical (unpaired) electrons. The smallest absolute Gasteiger partial charge is 0.337 e. The molecule has 2 aromatic carbocycles. The molecule has 0 atom stereocenters. The highest BCUT2D eigenvalue weighted by Gasteiger charge is 2.14. The number of carboxylic acids is 1. The van der Waals surface area contributed by atoms with E-state index in [0.717, 1.165) is 33.9 Å². The van der Waals surface area contributed by atoms with Crippen LogP contribution in [0.4, 0.5) is 5.69 Å². The first-order valence-corrected chi connectivity index (χ1v) is 8.99. The lowest BCUT2D eigenvalue weighted by atomic mass is 10.1. The topological polar surface area (TPSA) is 54.6 Å². The van der Waals surface area contributed by atoms with E-state index in [2.05, 4.69) is 23.2 Å². The molecule has 0 aliphatic rings. The number of hydrogen-bond acceptors (Lipinski definition) is 2. The number of hydrogen-bond donors (Lipinski definition) is 1. The van der Waals surface area contributed by atoms with Crippen LogP contribution >= 0.6 is 11.6 Å². The summed E-state index contributed by atoms with van der Waals surface area (Å²) in [6.07, 6.45) is 1.86. The zero-order chi connectivity index (χ0) is 19.7. The molecule has 0 spiro atoms.